The Morgan fingerprint density at radius 2 is 1.63 bits per heavy atom. The topological polar surface area (TPSA) is 142 Å². The van der Waals surface area contributed by atoms with E-state index in [1.807, 2.05) is 0 Å². The molecule has 27 heavy (non-hydrogen) atoms. The van der Waals surface area contributed by atoms with Crippen LogP contribution >= 0.6 is 11.6 Å². The van der Waals surface area contributed by atoms with Gasteiger partial charge in [-0.1, -0.05) is 41.9 Å². The highest BCUT2D eigenvalue weighted by Crippen LogP contribution is 2.32. The minimum atomic E-state index is -1.00. The molecule has 0 aromatic heterocycles. The standard InChI is InChI=1S/C16H12ClN3O7/c17-12-7-14(20(25)26)13(19(23)24)6-11(12)16(22)18-8-15(21)27-9-10-4-2-1-3-5-10/h1-7H,8-9H2,(H,18,22). The fourth-order valence-electron chi connectivity index (χ4n) is 2.05. The van der Waals surface area contributed by atoms with Crippen LogP contribution in [0.1, 0.15) is 15.9 Å². The second-order valence-electron chi connectivity index (χ2n) is 5.16. The molecule has 0 aliphatic heterocycles. The van der Waals surface area contributed by atoms with Gasteiger partial charge in [-0.15, -0.1) is 0 Å². The maximum Gasteiger partial charge on any atom is 0.347 e. The largest absolute Gasteiger partial charge is 0.460 e. The molecule has 0 radical (unpaired) electrons. The Morgan fingerprint density at radius 1 is 1.04 bits per heavy atom. The summed E-state index contributed by atoms with van der Waals surface area (Å²) in [5, 5.41) is 23.6. The number of carbonyl (C=O) groups is 2. The monoisotopic (exact) mass is 393 g/mol. The Bertz CT molecular complexity index is 902. The minimum Gasteiger partial charge on any atom is -0.460 e. The average molecular weight is 394 g/mol. The third kappa shape index (κ3) is 5.22. The molecule has 10 nitrogen and oxygen atoms in total. The molecular formula is C16H12ClN3O7. The molecule has 0 unspecified atom stereocenters. The van der Waals surface area contributed by atoms with Crippen molar-refractivity contribution in [3.63, 3.8) is 0 Å². The normalized spacial score (nSPS) is 10.1. The summed E-state index contributed by atoms with van der Waals surface area (Å²) in [7, 11) is 0. The van der Waals surface area contributed by atoms with Gasteiger partial charge in [-0.3, -0.25) is 29.8 Å². The summed E-state index contributed by atoms with van der Waals surface area (Å²) in [6.45, 7) is -0.494. The summed E-state index contributed by atoms with van der Waals surface area (Å²) in [4.78, 5) is 43.6. The molecule has 0 aliphatic carbocycles. The quantitative estimate of drug-likeness (QED) is 0.432. The predicted octanol–water partition coefficient (Wildman–Crippen LogP) is 2.63. The number of carbonyl (C=O) groups excluding carboxylic acids is 2. The molecule has 0 bridgehead atoms. The molecule has 140 valence electrons. The van der Waals surface area contributed by atoms with Crippen LogP contribution in [0.3, 0.4) is 0 Å². The first-order valence-corrected chi connectivity index (χ1v) is 7.77. The number of benzene rings is 2. The van der Waals surface area contributed by atoms with Gasteiger partial charge in [0.15, 0.2) is 0 Å². The highest BCUT2D eigenvalue weighted by molar-refractivity contribution is 6.34. The number of amides is 1. The van der Waals surface area contributed by atoms with E-state index in [1.54, 1.807) is 30.3 Å². The second-order valence-corrected chi connectivity index (χ2v) is 5.57. The molecule has 11 heteroatoms. The molecule has 0 saturated heterocycles. The zero-order chi connectivity index (χ0) is 20.0. The molecule has 0 heterocycles. The van der Waals surface area contributed by atoms with E-state index in [0.717, 1.165) is 5.56 Å². The van der Waals surface area contributed by atoms with Crippen LogP contribution in [-0.2, 0) is 16.1 Å². The zero-order valence-electron chi connectivity index (χ0n) is 13.6. The van der Waals surface area contributed by atoms with Gasteiger partial charge >= 0.3 is 17.3 Å². The third-order valence-electron chi connectivity index (χ3n) is 3.34. The number of nitro groups is 2. The lowest BCUT2D eigenvalue weighted by molar-refractivity contribution is -0.422. The van der Waals surface area contributed by atoms with Crippen LogP contribution in [0.2, 0.25) is 5.02 Å². The Hall–Kier alpha value is -3.53. The van der Waals surface area contributed by atoms with Gasteiger partial charge in [-0.25, -0.2) is 0 Å². The summed E-state index contributed by atoms with van der Waals surface area (Å²) < 4.78 is 4.97. The van der Waals surface area contributed by atoms with Gasteiger partial charge < -0.3 is 10.1 Å². The van der Waals surface area contributed by atoms with Crippen LogP contribution in [-0.4, -0.2) is 28.3 Å². The maximum atomic E-state index is 12.1. The fraction of sp³-hybridized carbons (Fsp3) is 0.125. The van der Waals surface area contributed by atoms with Crippen molar-refractivity contribution in [2.24, 2.45) is 0 Å². The van der Waals surface area contributed by atoms with Gasteiger partial charge in [0.2, 0.25) is 0 Å². The predicted molar refractivity (Wildman–Crippen MR) is 93.3 cm³/mol. The van der Waals surface area contributed by atoms with Crippen LogP contribution in [0.4, 0.5) is 11.4 Å². The van der Waals surface area contributed by atoms with E-state index in [9.17, 15) is 29.8 Å². The second kappa shape index (κ2) is 8.72. The number of nitro benzene ring substituents is 2. The fourth-order valence-corrected chi connectivity index (χ4v) is 2.30. The van der Waals surface area contributed by atoms with Crippen molar-refractivity contribution < 1.29 is 24.2 Å². The van der Waals surface area contributed by atoms with E-state index in [0.29, 0.717) is 12.1 Å². The molecular weight excluding hydrogens is 382 g/mol. The number of hydrogen-bond acceptors (Lipinski definition) is 7. The molecule has 0 saturated carbocycles. The molecule has 0 aliphatic rings. The molecule has 1 N–H and O–H groups in total. The average Bonchev–Trinajstić information content (AvgIpc) is 2.64. The number of hydrogen-bond donors (Lipinski definition) is 1. The SMILES string of the molecule is O=C(CNC(=O)c1cc([N+](=O)[O-])c([N+](=O)[O-])cc1Cl)OCc1ccccc1. The number of rotatable bonds is 7. The van der Waals surface area contributed by atoms with Crippen molar-refractivity contribution in [2.75, 3.05) is 6.54 Å². The molecule has 2 rings (SSSR count). The van der Waals surface area contributed by atoms with E-state index < -0.39 is 39.6 Å². The van der Waals surface area contributed by atoms with E-state index in [1.165, 1.54) is 0 Å². The molecule has 0 atom stereocenters. The number of nitrogens with one attached hydrogen (secondary N) is 1. The van der Waals surface area contributed by atoms with Gasteiger partial charge in [0.25, 0.3) is 5.91 Å². The Morgan fingerprint density at radius 3 is 2.22 bits per heavy atom. The Balaban J connectivity index is 2.03. The van der Waals surface area contributed by atoms with E-state index >= 15 is 0 Å². The van der Waals surface area contributed by atoms with Gasteiger partial charge in [-0.05, 0) is 5.56 Å². The maximum absolute atomic E-state index is 12.1. The summed E-state index contributed by atoms with van der Waals surface area (Å²) in [6.07, 6.45) is 0. The van der Waals surface area contributed by atoms with Gasteiger partial charge in [0.05, 0.1) is 20.4 Å². The van der Waals surface area contributed by atoms with Crippen molar-refractivity contribution in [1.82, 2.24) is 5.32 Å². The number of nitrogens with zero attached hydrogens (tertiary/aromatic N) is 2. The van der Waals surface area contributed by atoms with E-state index in [2.05, 4.69) is 5.32 Å². The summed E-state index contributed by atoms with van der Waals surface area (Å²) in [6, 6.07) is 10.2. The first kappa shape index (κ1) is 19.8. The van der Waals surface area contributed by atoms with Crippen LogP contribution < -0.4 is 5.32 Å². The summed E-state index contributed by atoms with van der Waals surface area (Å²) in [5.74, 6) is -1.64. The van der Waals surface area contributed by atoms with Crippen LogP contribution in [0, 0.1) is 20.2 Å². The number of ether oxygens (including phenoxy) is 1. The lowest BCUT2D eigenvalue weighted by Crippen LogP contribution is -2.30. The first-order valence-electron chi connectivity index (χ1n) is 7.39. The highest BCUT2D eigenvalue weighted by atomic mass is 35.5. The van der Waals surface area contributed by atoms with Crippen LogP contribution in [0.5, 0.6) is 0 Å². The Labute approximate surface area is 157 Å². The third-order valence-corrected chi connectivity index (χ3v) is 3.65. The molecule has 0 fully saturated rings. The number of esters is 1. The van der Waals surface area contributed by atoms with E-state index in [-0.39, 0.29) is 17.2 Å². The lowest BCUT2D eigenvalue weighted by atomic mass is 10.1. The van der Waals surface area contributed by atoms with Crippen molar-refractivity contribution in [3.8, 4) is 0 Å². The van der Waals surface area contributed by atoms with Crippen LogP contribution in [0.25, 0.3) is 0 Å². The van der Waals surface area contributed by atoms with Gasteiger partial charge in [-0.2, -0.15) is 0 Å². The van der Waals surface area contributed by atoms with Crippen LogP contribution in [0.15, 0.2) is 42.5 Å². The minimum absolute atomic E-state index is 0.0132. The highest BCUT2D eigenvalue weighted by Gasteiger charge is 2.28. The van der Waals surface area contributed by atoms with Crippen molar-refractivity contribution >= 4 is 34.9 Å². The smallest absolute Gasteiger partial charge is 0.347 e. The van der Waals surface area contributed by atoms with Gasteiger partial charge in [0, 0.05) is 12.1 Å². The van der Waals surface area contributed by atoms with E-state index in [4.69, 9.17) is 16.3 Å². The molecule has 2 aromatic carbocycles. The number of halogens is 1. The molecule has 1 amide bonds. The van der Waals surface area contributed by atoms with Gasteiger partial charge in [0.1, 0.15) is 13.2 Å². The van der Waals surface area contributed by atoms with Crippen molar-refractivity contribution in [1.29, 1.82) is 0 Å². The lowest BCUT2D eigenvalue weighted by Gasteiger charge is -2.08. The Kier molecular flexibility index (Phi) is 6.39. The first-order chi connectivity index (χ1) is 12.8. The summed E-state index contributed by atoms with van der Waals surface area (Å²) >= 11 is 5.80. The summed E-state index contributed by atoms with van der Waals surface area (Å²) in [5.41, 5.74) is -1.35. The molecule has 0 spiro atoms. The zero-order valence-corrected chi connectivity index (χ0v) is 14.3. The van der Waals surface area contributed by atoms with Crippen molar-refractivity contribution in [2.45, 2.75) is 6.61 Å². The molecule has 2 aromatic rings. The van der Waals surface area contributed by atoms with Crippen molar-refractivity contribution in [3.05, 3.63) is 78.8 Å².